The molecular weight excluding hydrogens is 131 g/mol. The molecule has 1 heterocycles. The van der Waals surface area contributed by atoms with Crippen LogP contribution in [0.1, 0.15) is 12.8 Å². The van der Waals surface area contributed by atoms with Crippen molar-refractivity contribution in [2.24, 2.45) is 0 Å². The molecule has 0 saturated carbocycles. The molecule has 1 aliphatic heterocycles. The average Bonchev–Trinajstić information content (AvgIpc) is 2.37. The highest BCUT2D eigenvalue weighted by Gasteiger charge is 2.23. The maximum atomic E-state index is 5.40. The fourth-order valence-corrected chi connectivity index (χ4v) is 1.15. The molecule has 2 atom stereocenters. The van der Waals surface area contributed by atoms with Gasteiger partial charge in [0, 0.05) is 13.5 Å². The molecule has 4 heteroatoms. The van der Waals surface area contributed by atoms with Crippen LogP contribution in [-0.4, -0.2) is 34.2 Å². The van der Waals surface area contributed by atoms with E-state index in [9.17, 15) is 0 Å². The fourth-order valence-electron chi connectivity index (χ4n) is 1.15. The van der Waals surface area contributed by atoms with E-state index in [1.807, 2.05) is 0 Å². The summed E-state index contributed by atoms with van der Waals surface area (Å²) in [6.07, 6.45) is 2.28. The molecule has 0 aromatic carbocycles. The van der Waals surface area contributed by atoms with Gasteiger partial charge in [-0.1, -0.05) is 0 Å². The van der Waals surface area contributed by atoms with Gasteiger partial charge >= 0.3 is 0 Å². The Bertz CT molecular complexity index is 99.0. The van der Waals surface area contributed by atoms with Crippen LogP contribution in [0.15, 0.2) is 0 Å². The van der Waals surface area contributed by atoms with Crippen molar-refractivity contribution in [3.05, 3.63) is 0 Å². The van der Waals surface area contributed by atoms with Gasteiger partial charge in [-0.3, -0.25) is 0 Å². The van der Waals surface area contributed by atoms with E-state index in [4.69, 9.17) is 14.1 Å². The summed E-state index contributed by atoms with van der Waals surface area (Å²) in [7, 11) is 3.35. The van der Waals surface area contributed by atoms with Gasteiger partial charge in [0.15, 0.2) is 6.29 Å². The van der Waals surface area contributed by atoms with Crippen LogP contribution in [0.5, 0.6) is 0 Å². The monoisotopic (exact) mass is 144 g/mol. The van der Waals surface area contributed by atoms with E-state index in [0.29, 0.717) is 6.61 Å². The Balaban J connectivity index is 2.15. The quantitative estimate of drug-likeness (QED) is 0.509. The lowest BCUT2D eigenvalue weighted by atomic mass is 10.2. The summed E-state index contributed by atoms with van der Waals surface area (Å²) in [6.45, 7) is 0.680. The van der Waals surface area contributed by atoms with Gasteiger partial charge in [-0.15, -0.1) is 0 Å². The number of hydrogen-bond donors (Lipinski definition) is 0. The second kappa shape index (κ2) is 3.96. The smallest absolute Gasteiger partial charge is 0.257 e. The molecule has 10 heavy (non-hydrogen) atoms. The summed E-state index contributed by atoms with van der Waals surface area (Å²) in [4.78, 5) is 0. The Kier molecular flexibility index (Phi) is 3.18. The third-order valence-electron chi connectivity index (χ3n) is 1.68. The second-order valence-electron chi connectivity index (χ2n) is 2.46. The van der Waals surface area contributed by atoms with Gasteiger partial charge in [0.25, 0.3) is 8.05 Å². The zero-order valence-electron chi connectivity index (χ0n) is 6.50. The third-order valence-corrected chi connectivity index (χ3v) is 1.68. The number of rotatable bonds is 3. The summed E-state index contributed by atoms with van der Waals surface area (Å²) in [5.41, 5.74) is 0. The van der Waals surface area contributed by atoms with Crippen molar-refractivity contribution >= 4 is 8.05 Å². The summed E-state index contributed by atoms with van der Waals surface area (Å²) < 4.78 is 15.4. The van der Waals surface area contributed by atoms with Crippen molar-refractivity contribution in [1.29, 1.82) is 0 Å². The lowest BCUT2D eigenvalue weighted by molar-refractivity contribution is -0.120. The summed E-state index contributed by atoms with van der Waals surface area (Å²) in [6, 6.07) is 0. The number of ether oxygens (including phenoxy) is 2. The van der Waals surface area contributed by atoms with E-state index in [2.05, 4.69) is 0 Å². The van der Waals surface area contributed by atoms with Crippen molar-refractivity contribution in [2.45, 2.75) is 25.2 Å². The predicted molar refractivity (Wildman–Crippen MR) is 39.4 cm³/mol. The van der Waals surface area contributed by atoms with Crippen LogP contribution in [0.2, 0.25) is 0 Å². The zero-order chi connectivity index (χ0) is 7.40. The molecule has 1 aliphatic rings. The van der Waals surface area contributed by atoms with Gasteiger partial charge in [-0.25, -0.2) is 0 Å². The fraction of sp³-hybridized carbons (Fsp3) is 1.00. The van der Waals surface area contributed by atoms with Crippen LogP contribution >= 0.6 is 0 Å². The largest absolute Gasteiger partial charge is 0.441 e. The Morgan fingerprint density at radius 2 is 2.40 bits per heavy atom. The molecule has 0 spiro atoms. The molecule has 0 bridgehead atoms. The minimum atomic E-state index is 0.000139. The standard InChI is InChI=1S/C6H13BO3/c1-8-6-3-2-5(10-6)4-9-7/h5-6H,2-4,7H2,1H3. The molecule has 0 aromatic heterocycles. The van der Waals surface area contributed by atoms with Crippen LogP contribution < -0.4 is 0 Å². The van der Waals surface area contributed by atoms with E-state index >= 15 is 0 Å². The molecular formula is C6H13BO3. The highest BCUT2D eigenvalue weighted by Crippen LogP contribution is 2.19. The molecule has 2 unspecified atom stereocenters. The maximum absolute atomic E-state index is 5.40. The molecule has 1 rings (SSSR count). The lowest BCUT2D eigenvalue weighted by Crippen LogP contribution is -2.16. The molecule has 1 saturated heterocycles. The molecule has 1 fully saturated rings. The molecule has 0 radical (unpaired) electrons. The molecule has 58 valence electrons. The van der Waals surface area contributed by atoms with Crippen molar-refractivity contribution in [2.75, 3.05) is 13.7 Å². The van der Waals surface area contributed by atoms with E-state index in [0.717, 1.165) is 12.8 Å². The minimum absolute atomic E-state index is 0.000139. The van der Waals surface area contributed by atoms with Crippen molar-refractivity contribution < 1.29 is 14.1 Å². The summed E-state index contributed by atoms with van der Waals surface area (Å²) in [5.74, 6) is 0. The first-order valence-electron chi connectivity index (χ1n) is 3.54. The normalized spacial score (nSPS) is 32.9. The van der Waals surface area contributed by atoms with Gasteiger partial charge in [0.2, 0.25) is 0 Å². The van der Waals surface area contributed by atoms with Gasteiger partial charge in [-0.05, 0) is 6.42 Å². The van der Waals surface area contributed by atoms with Crippen LogP contribution in [-0.2, 0) is 14.1 Å². The first-order chi connectivity index (χ1) is 4.86. The zero-order valence-corrected chi connectivity index (χ0v) is 6.50. The third kappa shape index (κ3) is 1.97. The highest BCUT2D eigenvalue weighted by atomic mass is 16.7. The van der Waals surface area contributed by atoms with Crippen molar-refractivity contribution in [3.8, 4) is 0 Å². The Morgan fingerprint density at radius 3 is 2.90 bits per heavy atom. The van der Waals surface area contributed by atoms with Crippen LogP contribution in [0.25, 0.3) is 0 Å². The first kappa shape index (κ1) is 8.05. The summed E-state index contributed by atoms with van der Waals surface area (Å²) in [5, 5.41) is 0. The predicted octanol–water partition coefficient (Wildman–Crippen LogP) is -0.297. The van der Waals surface area contributed by atoms with Crippen LogP contribution in [0, 0.1) is 0 Å². The minimum Gasteiger partial charge on any atom is -0.441 e. The van der Waals surface area contributed by atoms with Gasteiger partial charge in [-0.2, -0.15) is 0 Å². The van der Waals surface area contributed by atoms with E-state index in [1.165, 1.54) is 0 Å². The Hall–Kier alpha value is -0.0551. The number of methoxy groups -OCH3 is 1. The first-order valence-corrected chi connectivity index (χ1v) is 3.54. The molecule has 0 N–H and O–H groups in total. The summed E-state index contributed by atoms with van der Waals surface area (Å²) >= 11 is 0. The second-order valence-corrected chi connectivity index (χ2v) is 2.46. The molecule has 3 nitrogen and oxygen atoms in total. The van der Waals surface area contributed by atoms with Crippen molar-refractivity contribution in [1.82, 2.24) is 0 Å². The topological polar surface area (TPSA) is 27.7 Å². The van der Waals surface area contributed by atoms with Crippen LogP contribution in [0.4, 0.5) is 0 Å². The Labute approximate surface area is 62.1 Å². The van der Waals surface area contributed by atoms with Gasteiger partial charge in [0.05, 0.1) is 12.7 Å². The van der Waals surface area contributed by atoms with Gasteiger partial charge in [0.1, 0.15) is 0 Å². The average molecular weight is 144 g/mol. The van der Waals surface area contributed by atoms with E-state index in [-0.39, 0.29) is 12.4 Å². The Morgan fingerprint density at radius 1 is 1.60 bits per heavy atom. The van der Waals surface area contributed by atoms with E-state index in [1.54, 1.807) is 15.2 Å². The molecule has 0 aliphatic carbocycles. The van der Waals surface area contributed by atoms with Crippen LogP contribution in [0.3, 0.4) is 0 Å². The lowest BCUT2D eigenvalue weighted by Gasteiger charge is -2.10. The SMILES string of the molecule is BOCC1CCC(OC)O1. The van der Waals surface area contributed by atoms with Crippen molar-refractivity contribution in [3.63, 3.8) is 0 Å². The van der Waals surface area contributed by atoms with E-state index < -0.39 is 0 Å². The van der Waals surface area contributed by atoms with Gasteiger partial charge < -0.3 is 14.1 Å². The molecule has 0 amide bonds. The highest BCUT2D eigenvalue weighted by molar-refractivity contribution is 5.97. The number of hydrogen-bond acceptors (Lipinski definition) is 3. The molecule has 0 aromatic rings. The maximum Gasteiger partial charge on any atom is 0.257 e.